The van der Waals surface area contributed by atoms with Gasteiger partial charge in [-0.15, -0.1) is 5.10 Å². The Morgan fingerprint density at radius 2 is 1.97 bits per heavy atom. The molecule has 2 aliphatic heterocycles. The Hall–Kier alpha value is -3.02. The molecule has 4 unspecified atom stereocenters. The number of ether oxygens (including phenoxy) is 2. The third kappa shape index (κ3) is 5.14. The molecule has 204 valence electrons. The van der Waals surface area contributed by atoms with Crippen LogP contribution in [0.1, 0.15) is 54.6 Å². The van der Waals surface area contributed by atoms with E-state index in [1.165, 1.54) is 5.56 Å². The third-order valence-electron chi connectivity index (χ3n) is 7.63. The number of alkyl halides is 3. The quantitative estimate of drug-likeness (QED) is 0.486. The molecule has 3 heterocycles. The van der Waals surface area contributed by atoms with Gasteiger partial charge in [0.25, 0.3) is 5.82 Å². The number of aromatic nitrogens is 4. The summed E-state index contributed by atoms with van der Waals surface area (Å²) in [5.41, 5.74) is 1.75. The van der Waals surface area contributed by atoms with E-state index in [4.69, 9.17) is 9.47 Å². The first kappa shape index (κ1) is 26.6. The molecule has 2 saturated heterocycles. The van der Waals surface area contributed by atoms with Crippen molar-refractivity contribution in [1.82, 2.24) is 30.4 Å². The number of nitrogens with one attached hydrogen (secondary N) is 1. The van der Waals surface area contributed by atoms with Crippen LogP contribution < -0.4 is 10.1 Å². The highest BCUT2D eigenvalue weighted by Gasteiger charge is 2.53. The van der Waals surface area contributed by atoms with E-state index in [0.717, 1.165) is 42.6 Å². The van der Waals surface area contributed by atoms with Crippen LogP contribution in [0.4, 0.5) is 13.2 Å². The van der Waals surface area contributed by atoms with Gasteiger partial charge < -0.3 is 19.7 Å². The molecule has 11 heteroatoms. The minimum Gasteiger partial charge on any atom is -0.496 e. The van der Waals surface area contributed by atoms with Crippen LogP contribution >= 0.6 is 0 Å². The Morgan fingerprint density at radius 3 is 2.68 bits per heavy atom. The average Bonchev–Trinajstić information content (AvgIpc) is 3.54. The second-order valence-electron chi connectivity index (χ2n) is 10.4. The SMILES string of the molecule is COc1ccc(-n2nnnc2C(F)(F)F)cc1C1CC2(CCCNC2c2ccccc2)OC1CCN(C)C. The summed E-state index contributed by atoms with van der Waals surface area (Å²) in [6.45, 7) is 1.71. The molecule has 2 fully saturated rings. The number of nitrogens with zero attached hydrogens (tertiary/aromatic N) is 5. The number of halogens is 3. The molecule has 4 atom stereocenters. The van der Waals surface area contributed by atoms with Crippen LogP contribution in [0, 0.1) is 0 Å². The van der Waals surface area contributed by atoms with E-state index in [1.807, 2.05) is 32.3 Å². The van der Waals surface area contributed by atoms with Gasteiger partial charge in [0.15, 0.2) is 0 Å². The predicted molar refractivity (Wildman–Crippen MR) is 135 cm³/mol. The fraction of sp³-hybridized carbons (Fsp3) is 0.519. The number of methoxy groups -OCH3 is 1. The van der Waals surface area contributed by atoms with Crippen molar-refractivity contribution >= 4 is 0 Å². The fourth-order valence-electron chi connectivity index (χ4n) is 5.95. The maximum Gasteiger partial charge on any atom is 0.453 e. The second kappa shape index (κ2) is 10.6. The zero-order chi connectivity index (χ0) is 26.9. The summed E-state index contributed by atoms with van der Waals surface area (Å²) in [7, 11) is 5.62. The molecule has 38 heavy (non-hydrogen) atoms. The Balaban J connectivity index is 1.57. The first-order valence-corrected chi connectivity index (χ1v) is 12.9. The highest BCUT2D eigenvalue weighted by Crippen LogP contribution is 2.53. The predicted octanol–water partition coefficient (Wildman–Crippen LogP) is 4.38. The van der Waals surface area contributed by atoms with Crippen molar-refractivity contribution in [3.8, 4) is 11.4 Å². The van der Waals surface area contributed by atoms with E-state index < -0.39 is 17.6 Å². The molecule has 2 aromatic carbocycles. The molecule has 8 nitrogen and oxygen atoms in total. The van der Waals surface area contributed by atoms with Gasteiger partial charge in [0.1, 0.15) is 5.75 Å². The topological polar surface area (TPSA) is 77.3 Å². The van der Waals surface area contributed by atoms with E-state index in [9.17, 15) is 13.2 Å². The highest BCUT2D eigenvalue weighted by molar-refractivity contribution is 5.47. The van der Waals surface area contributed by atoms with Gasteiger partial charge in [-0.05, 0) is 80.5 Å². The highest BCUT2D eigenvalue weighted by atomic mass is 19.4. The summed E-state index contributed by atoms with van der Waals surface area (Å²) in [5.74, 6) is -0.657. The Morgan fingerprint density at radius 1 is 1.18 bits per heavy atom. The van der Waals surface area contributed by atoms with Crippen LogP contribution in [0.15, 0.2) is 48.5 Å². The largest absolute Gasteiger partial charge is 0.496 e. The van der Waals surface area contributed by atoms with Gasteiger partial charge in [-0.2, -0.15) is 17.9 Å². The number of benzene rings is 2. The van der Waals surface area contributed by atoms with Gasteiger partial charge in [0.2, 0.25) is 0 Å². The van der Waals surface area contributed by atoms with Crippen LogP contribution in [0.25, 0.3) is 5.69 Å². The van der Waals surface area contributed by atoms with Gasteiger partial charge in [-0.3, -0.25) is 0 Å². The molecule has 1 N–H and O–H groups in total. The summed E-state index contributed by atoms with van der Waals surface area (Å²) < 4.78 is 54.2. The van der Waals surface area contributed by atoms with Gasteiger partial charge in [-0.25, -0.2) is 0 Å². The monoisotopic (exact) mass is 530 g/mol. The van der Waals surface area contributed by atoms with Crippen LogP contribution in [0.2, 0.25) is 0 Å². The maximum atomic E-state index is 13.6. The van der Waals surface area contributed by atoms with E-state index in [-0.39, 0.29) is 23.8 Å². The Bertz CT molecular complexity index is 1240. The minimum absolute atomic E-state index is 0.00910. The van der Waals surface area contributed by atoms with Crippen molar-refractivity contribution in [3.63, 3.8) is 0 Å². The molecule has 3 aromatic rings. The number of rotatable bonds is 7. The molecule has 1 spiro atoms. The summed E-state index contributed by atoms with van der Waals surface area (Å²) in [6.07, 6.45) is -1.49. The summed E-state index contributed by atoms with van der Waals surface area (Å²) in [4.78, 5) is 2.11. The van der Waals surface area contributed by atoms with Gasteiger partial charge >= 0.3 is 6.18 Å². The van der Waals surface area contributed by atoms with Crippen LogP contribution in [0.5, 0.6) is 5.75 Å². The molecule has 0 saturated carbocycles. The lowest BCUT2D eigenvalue weighted by Gasteiger charge is -2.42. The first-order chi connectivity index (χ1) is 18.2. The summed E-state index contributed by atoms with van der Waals surface area (Å²) in [6, 6.07) is 15.3. The number of tetrazole rings is 1. The van der Waals surface area contributed by atoms with Crippen molar-refractivity contribution in [3.05, 3.63) is 65.5 Å². The van der Waals surface area contributed by atoms with E-state index in [1.54, 1.807) is 25.3 Å². The summed E-state index contributed by atoms with van der Waals surface area (Å²) >= 11 is 0. The molecule has 0 radical (unpaired) electrons. The van der Waals surface area contributed by atoms with Gasteiger partial charge in [0, 0.05) is 18.0 Å². The Kier molecular flexibility index (Phi) is 7.43. The van der Waals surface area contributed by atoms with E-state index in [0.29, 0.717) is 12.2 Å². The van der Waals surface area contributed by atoms with Crippen molar-refractivity contribution in [2.24, 2.45) is 0 Å². The van der Waals surface area contributed by atoms with Crippen LogP contribution in [-0.4, -0.2) is 71.1 Å². The molecular formula is C27H33F3N6O2. The van der Waals surface area contributed by atoms with Crippen LogP contribution in [-0.2, 0) is 10.9 Å². The molecular weight excluding hydrogens is 497 g/mol. The number of hydrogen-bond acceptors (Lipinski definition) is 7. The smallest absolute Gasteiger partial charge is 0.453 e. The zero-order valence-corrected chi connectivity index (χ0v) is 21.8. The van der Waals surface area contributed by atoms with Gasteiger partial charge in [0.05, 0.1) is 30.5 Å². The number of hydrogen-bond donors (Lipinski definition) is 1. The van der Waals surface area contributed by atoms with Crippen LogP contribution in [0.3, 0.4) is 0 Å². The second-order valence-corrected chi connectivity index (χ2v) is 10.4. The van der Waals surface area contributed by atoms with E-state index in [2.05, 4.69) is 37.9 Å². The molecule has 0 aliphatic carbocycles. The number of piperidine rings is 1. The lowest BCUT2D eigenvalue weighted by molar-refractivity contribution is -0.146. The molecule has 0 bridgehead atoms. The van der Waals surface area contributed by atoms with Crippen molar-refractivity contribution in [2.75, 3.05) is 34.3 Å². The van der Waals surface area contributed by atoms with Crippen molar-refractivity contribution < 1.29 is 22.6 Å². The normalized spacial score (nSPS) is 25.8. The molecule has 1 aromatic heterocycles. The minimum atomic E-state index is -4.69. The average molecular weight is 531 g/mol. The zero-order valence-electron chi connectivity index (χ0n) is 21.8. The van der Waals surface area contributed by atoms with E-state index >= 15 is 0 Å². The third-order valence-corrected chi connectivity index (χ3v) is 7.63. The fourth-order valence-corrected chi connectivity index (χ4v) is 5.95. The summed E-state index contributed by atoms with van der Waals surface area (Å²) in [5, 5.41) is 13.8. The van der Waals surface area contributed by atoms with Gasteiger partial charge in [-0.1, -0.05) is 30.3 Å². The molecule has 2 aliphatic rings. The lowest BCUT2D eigenvalue weighted by atomic mass is 9.76. The molecule has 5 rings (SSSR count). The standard InChI is InChI=1S/C27H33F3N6O2/c1-35(2)15-12-23-21(17-26(38-23)13-7-14-31-24(26)18-8-5-4-6-9-18)20-16-19(10-11-22(20)37-3)36-25(27(28,29)30)32-33-34-36/h4-6,8-11,16,21,23-24,31H,7,12-15,17H2,1-3H3. The molecule has 0 amide bonds. The maximum absolute atomic E-state index is 13.6. The van der Waals surface area contributed by atoms with Crippen molar-refractivity contribution in [1.29, 1.82) is 0 Å². The lowest BCUT2D eigenvalue weighted by Crippen LogP contribution is -2.48. The Labute approximate surface area is 220 Å². The van der Waals surface area contributed by atoms with Crippen molar-refractivity contribution in [2.45, 2.75) is 55.5 Å². The first-order valence-electron chi connectivity index (χ1n) is 12.9.